The van der Waals surface area contributed by atoms with E-state index in [0.29, 0.717) is 0 Å². The summed E-state index contributed by atoms with van der Waals surface area (Å²) in [5.41, 5.74) is 0.0397. The molecule has 1 aliphatic rings. The Morgan fingerprint density at radius 1 is 1.27 bits per heavy atom. The Morgan fingerprint density at radius 2 is 1.80 bits per heavy atom. The van der Waals surface area contributed by atoms with Gasteiger partial charge in [-0.15, -0.1) is 0 Å². The molecule has 0 heterocycles. The summed E-state index contributed by atoms with van der Waals surface area (Å²) in [5.74, 6) is 0. The van der Waals surface area contributed by atoms with Crippen LogP contribution in [0, 0.1) is 0 Å². The van der Waals surface area contributed by atoms with E-state index in [1.54, 1.807) is 7.11 Å². The number of methoxy groups -OCH3 is 1. The van der Waals surface area contributed by atoms with Gasteiger partial charge in [0.15, 0.2) is 0 Å². The quantitative estimate of drug-likeness (QED) is 0.697. The van der Waals surface area contributed by atoms with E-state index in [9.17, 15) is 0 Å². The summed E-state index contributed by atoms with van der Waals surface area (Å²) in [6, 6.07) is 0.854. The first-order chi connectivity index (χ1) is 7.05. The molecule has 0 unspecified atom stereocenters. The van der Waals surface area contributed by atoms with Gasteiger partial charge in [0.1, 0.15) is 0 Å². The summed E-state index contributed by atoms with van der Waals surface area (Å²) >= 11 is 0. The molecular formula is C13H29NO. The molecule has 0 atom stereocenters. The minimum atomic E-state index is 0.0397. The third kappa shape index (κ3) is 5.53. The first-order valence-corrected chi connectivity index (χ1v) is 6.30. The van der Waals surface area contributed by atoms with Crippen molar-refractivity contribution in [3.05, 3.63) is 0 Å². The summed E-state index contributed by atoms with van der Waals surface area (Å²) in [5, 5.41) is 0. The maximum atomic E-state index is 5.39. The van der Waals surface area contributed by atoms with E-state index in [0.717, 1.165) is 19.0 Å². The molecule has 0 aromatic rings. The number of nitrogens with zero attached hydrogens (tertiary/aromatic N) is 1. The molecule has 0 bridgehead atoms. The first kappa shape index (κ1) is 14.9. The molecule has 0 aromatic heterocycles. The maximum absolute atomic E-state index is 5.39. The van der Waals surface area contributed by atoms with Crippen molar-refractivity contribution in [1.29, 1.82) is 0 Å². The van der Waals surface area contributed by atoms with Crippen molar-refractivity contribution in [1.82, 2.24) is 4.90 Å². The van der Waals surface area contributed by atoms with Gasteiger partial charge in [0.05, 0.1) is 5.60 Å². The van der Waals surface area contributed by atoms with Gasteiger partial charge in [0.2, 0.25) is 0 Å². The van der Waals surface area contributed by atoms with E-state index in [2.05, 4.69) is 25.8 Å². The minimum Gasteiger partial charge on any atom is -0.379 e. The average Bonchev–Trinajstić information content (AvgIpc) is 2.16. The lowest BCUT2D eigenvalue weighted by Crippen LogP contribution is -2.40. The maximum Gasteiger partial charge on any atom is 0.0634 e. The van der Waals surface area contributed by atoms with Crippen molar-refractivity contribution in [2.75, 3.05) is 20.7 Å². The highest BCUT2D eigenvalue weighted by atomic mass is 16.5. The zero-order valence-corrected chi connectivity index (χ0v) is 11.5. The number of rotatable bonds is 5. The van der Waals surface area contributed by atoms with Gasteiger partial charge in [0, 0.05) is 19.7 Å². The summed E-state index contributed by atoms with van der Waals surface area (Å²) in [6.45, 7) is 9.47. The van der Waals surface area contributed by atoms with Gasteiger partial charge in [-0.1, -0.05) is 20.3 Å². The molecule has 0 spiro atoms. The monoisotopic (exact) mass is 215 g/mol. The number of hydrogen-bond donors (Lipinski definition) is 0. The Labute approximate surface area is 96.0 Å². The molecule has 1 saturated carbocycles. The predicted octanol–water partition coefficient (Wildman–Crippen LogP) is 3.31. The van der Waals surface area contributed by atoms with E-state index in [4.69, 9.17) is 4.74 Å². The Morgan fingerprint density at radius 3 is 2.13 bits per heavy atom. The van der Waals surface area contributed by atoms with Crippen LogP contribution in [-0.2, 0) is 4.74 Å². The smallest absolute Gasteiger partial charge is 0.0634 e. The molecule has 92 valence electrons. The predicted molar refractivity (Wildman–Crippen MR) is 67.3 cm³/mol. The van der Waals surface area contributed by atoms with Crippen LogP contribution in [0.4, 0.5) is 0 Å². The fourth-order valence-corrected chi connectivity index (χ4v) is 1.56. The fourth-order valence-electron chi connectivity index (χ4n) is 1.56. The van der Waals surface area contributed by atoms with Crippen LogP contribution in [-0.4, -0.2) is 37.2 Å². The van der Waals surface area contributed by atoms with Gasteiger partial charge in [-0.3, -0.25) is 0 Å². The standard InChI is InChI=1S/C11H23NO.C2H6/c1-11(2,13-4)8-9-12(3)10-6-5-7-10;1-2/h10H,5-9H2,1-4H3;1-2H3. The van der Waals surface area contributed by atoms with Crippen LogP contribution >= 0.6 is 0 Å². The number of hydrogen-bond acceptors (Lipinski definition) is 2. The van der Waals surface area contributed by atoms with E-state index in [1.165, 1.54) is 19.3 Å². The van der Waals surface area contributed by atoms with Crippen LogP contribution in [0.1, 0.15) is 53.4 Å². The van der Waals surface area contributed by atoms with Crippen LogP contribution in [0.15, 0.2) is 0 Å². The molecule has 0 amide bonds. The third-order valence-corrected chi connectivity index (χ3v) is 3.32. The van der Waals surface area contributed by atoms with Gasteiger partial charge < -0.3 is 9.64 Å². The molecule has 1 rings (SSSR count). The van der Waals surface area contributed by atoms with Gasteiger partial charge >= 0.3 is 0 Å². The van der Waals surface area contributed by atoms with E-state index in [-0.39, 0.29) is 5.60 Å². The van der Waals surface area contributed by atoms with Crippen molar-refractivity contribution in [2.24, 2.45) is 0 Å². The van der Waals surface area contributed by atoms with Crippen molar-refractivity contribution in [3.63, 3.8) is 0 Å². The zero-order chi connectivity index (χ0) is 11.9. The molecule has 0 aliphatic heterocycles. The normalized spacial score (nSPS) is 17.0. The van der Waals surface area contributed by atoms with Gasteiger partial charge in [-0.2, -0.15) is 0 Å². The van der Waals surface area contributed by atoms with Gasteiger partial charge in [0.25, 0.3) is 0 Å². The highest BCUT2D eigenvalue weighted by molar-refractivity contribution is 4.79. The van der Waals surface area contributed by atoms with Crippen molar-refractivity contribution in [2.45, 2.75) is 65.0 Å². The summed E-state index contributed by atoms with van der Waals surface area (Å²) in [7, 11) is 4.03. The van der Waals surface area contributed by atoms with Crippen LogP contribution in [0.2, 0.25) is 0 Å². The molecule has 0 radical (unpaired) electrons. The SMILES string of the molecule is CC.COC(C)(C)CCN(C)C1CCC1. The van der Waals surface area contributed by atoms with Gasteiger partial charge in [-0.25, -0.2) is 0 Å². The first-order valence-electron chi connectivity index (χ1n) is 6.30. The molecule has 0 saturated heterocycles. The highest BCUT2D eigenvalue weighted by Gasteiger charge is 2.24. The van der Waals surface area contributed by atoms with E-state index < -0.39 is 0 Å². The second-order valence-corrected chi connectivity index (χ2v) is 4.78. The average molecular weight is 215 g/mol. The van der Waals surface area contributed by atoms with Crippen LogP contribution in [0.25, 0.3) is 0 Å². The molecule has 1 fully saturated rings. The summed E-state index contributed by atoms with van der Waals surface area (Å²) < 4.78 is 5.39. The minimum absolute atomic E-state index is 0.0397. The topological polar surface area (TPSA) is 12.5 Å². The molecule has 0 N–H and O–H groups in total. The highest BCUT2D eigenvalue weighted by Crippen LogP contribution is 2.24. The summed E-state index contributed by atoms with van der Waals surface area (Å²) in [6.07, 6.45) is 5.33. The second kappa shape index (κ2) is 7.24. The van der Waals surface area contributed by atoms with Crippen LogP contribution in [0.3, 0.4) is 0 Å². The Kier molecular flexibility index (Phi) is 7.20. The molecular weight excluding hydrogens is 186 g/mol. The molecule has 2 heteroatoms. The van der Waals surface area contributed by atoms with Crippen molar-refractivity contribution < 1.29 is 4.74 Å². The Balaban J connectivity index is 0.000000921. The molecule has 1 aliphatic carbocycles. The largest absolute Gasteiger partial charge is 0.379 e. The van der Waals surface area contributed by atoms with E-state index in [1.807, 2.05) is 13.8 Å². The van der Waals surface area contributed by atoms with Crippen molar-refractivity contribution >= 4 is 0 Å². The lowest BCUT2D eigenvalue weighted by atomic mass is 9.91. The second-order valence-electron chi connectivity index (χ2n) is 4.78. The van der Waals surface area contributed by atoms with Crippen LogP contribution < -0.4 is 0 Å². The molecule has 0 aromatic carbocycles. The van der Waals surface area contributed by atoms with E-state index >= 15 is 0 Å². The van der Waals surface area contributed by atoms with Crippen molar-refractivity contribution in [3.8, 4) is 0 Å². The lowest BCUT2D eigenvalue weighted by molar-refractivity contribution is 0.00320. The van der Waals surface area contributed by atoms with Crippen LogP contribution in [0.5, 0.6) is 0 Å². The zero-order valence-electron chi connectivity index (χ0n) is 11.5. The Bertz CT molecular complexity index is 153. The molecule has 15 heavy (non-hydrogen) atoms. The third-order valence-electron chi connectivity index (χ3n) is 3.32. The molecule has 2 nitrogen and oxygen atoms in total. The lowest BCUT2D eigenvalue weighted by Gasteiger charge is -2.36. The van der Waals surface area contributed by atoms with Gasteiger partial charge in [-0.05, 0) is 40.2 Å². The summed E-state index contributed by atoms with van der Waals surface area (Å²) in [4.78, 5) is 2.48. The fraction of sp³-hybridized carbons (Fsp3) is 1.00. The Hall–Kier alpha value is -0.0800. The number of ether oxygens (including phenoxy) is 1.